The molecule has 0 spiro atoms. The summed E-state index contributed by atoms with van der Waals surface area (Å²) in [6.07, 6.45) is 1.55. The number of ether oxygens (including phenoxy) is 2. The van der Waals surface area contributed by atoms with Crippen molar-refractivity contribution in [3.63, 3.8) is 0 Å². The summed E-state index contributed by atoms with van der Waals surface area (Å²) in [5.74, 6) is 1.95. The summed E-state index contributed by atoms with van der Waals surface area (Å²) in [5.41, 5.74) is 13.4. The second-order valence-corrected chi connectivity index (χ2v) is 17.8. The molecule has 10 aromatic rings. The Morgan fingerprint density at radius 3 is 1.28 bits per heavy atom. The zero-order valence-electron chi connectivity index (χ0n) is 41.1. The van der Waals surface area contributed by atoms with E-state index in [1.165, 1.54) is 0 Å². The molecule has 0 atom stereocenters. The summed E-state index contributed by atoms with van der Waals surface area (Å²) >= 11 is 0. The molecule has 0 fully saturated rings. The normalized spacial score (nSPS) is 10.6. The number of hydrogen-bond donors (Lipinski definition) is 2. The third-order valence-corrected chi connectivity index (χ3v) is 12.3. The van der Waals surface area contributed by atoms with Gasteiger partial charge in [-0.2, -0.15) is 49.2 Å². The Balaban J connectivity index is 0.000000425. The van der Waals surface area contributed by atoms with E-state index in [0.29, 0.717) is 13.2 Å². The molecule has 0 aliphatic rings. The zero-order valence-corrected chi connectivity index (χ0v) is 43.5. The molecule has 0 saturated carbocycles. The largest absolute Gasteiger partial charge is 2.00 e. The minimum absolute atomic E-state index is 0. The number of aromatic hydroxyl groups is 2. The summed E-state index contributed by atoms with van der Waals surface area (Å²) < 4.78 is 12.8. The van der Waals surface area contributed by atoms with Crippen LogP contribution in [0.3, 0.4) is 0 Å². The molecule has 352 valence electrons. The Kier molecular flexibility index (Phi) is 17.7. The van der Waals surface area contributed by atoms with Gasteiger partial charge in [-0.3, -0.25) is 0 Å². The van der Waals surface area contributed by atoms with Crippen molar-refractivity contribution < 1.29 is 45.9 Å². The summed E-state index contributed by atoms with van der Waals surface area (Å²) in [6, 6.07) is 69.0. The Morgan fingerprint density at radius 1 is 0.366 bits per heavy atom. The quantitative estimate of drug-likeness (QED) is 0.100. The van der Waals surface area contributed by atoms with Gasteiger partial charge >= 0.3 is 26.2 Å². The molecule has 0 saturated heterocycles. The van der Waals surface area contributed by atoms with Gasteiger partial charge in [-0.05, 0) is 132 Å². The SMILES string of the molecule is Cc1cc(-c2ccccc2OCCCCOc2ccccc2-c2cc(C)cc(-c3c(C)ccc4ccccc34)c2O)c(O)c(-c2cc(C)cc3ccccc23)c1.[CH2-]c1ccccc1.[CH2-]c1ccccc1.[Zr+2]. The van der Waals surface area contributed by atoms with Crippen molar-refractivity contribution in [2.75, 3.05) is 13.2 Å². The van der Waals surface area contributed by atoms with E-state index in [-0.39, 0.29) is 37.7 Å². The van der Waals surface area contributed by atoms with Crippen molar-refractivity contribution in [3.05, 3.63) is 253 Å². The van der Waals surface area contributed by atoms with E-state index in [9.17, 15) is 10.2 Å². The van der Waals surface area contributed by atoms with Crippen LogP contribution in [0.25, 0.3) is 66.1 Å². The molecule has 4 nitrogen and oxygen atoms in total. The van der Waals surface area contributed by atoms with Crippen LogP contribution in [0, 0.1) is 41.5 Å². The molecule has 10 rings (SSSR count). The van der Waals surface area contributed by atoms with E-state index in [0.717, 1.165) is 124 Å². The van der Waals surface area contributed by atoms with Crippen molar-refractivity contribution in [1.82, 2.24) is 0 Å². The van der Waals surface area contributed by atoms with Gasteiger partial charge in [0.25, 0.3) is 0 Å². The molecule has 0 aliphatic heterocycles. The van der Waals surface area contributed by atoms with Gasteiger partial charge in [-0.1, -0.05) is 121 Å². The number of benzene rings is 10. The van der Waals surface area contributed by atoms with Gasteiger partial charge in [0.15, 0.2) is 0 Å². The molecular weight excluding hydrogens is 948 g/mol. The van der Waals surface area contributed by atoms with Crippen molar-refractivity contribution in [2.45, 2.75) is 40.5 Å². The summed E-state index contributed by atoms with van der Waals surface area (Å²) in [7, 11) is 0. The van der Waals surface area contributed by atoms with Gasteiger partial charge < -0.3 is 19.7 Å². The summed E-state index contributed by atoms with van der Waals surface area (Å²) in [6.45, 7) is 16.8. The number of rotatable bonds is 11. The Hall–Kier alpha value is -7.46. The van der Waals surface area contributed by atoms with Crippen molar-refractivity contribution >= 4 is 21.5 Å². The molecule has 0 aromatic heterocycles. The molecule has 0 amide bonds. The van der Waals surface area contributed by atoms with E-state index in [2.05, 4.69) is 102 Å². The van der Waals surface area contributed by atoms with Crippen LogP contribution in [0.4, 0.5) is 0 Å². The first-order valence-corrected chi connectivity index (χ1v) is 23.9. The van der Waals surface area contributed by atoms with Gasteiger partial charge in [0.1, 0.15) is 23.0 Å². The van der Waals surface area contributed by atoms with Crippen LogP contribution in [0.15, 0.2) is 206 Å². The first-order chi connectivity index (χ1) is 34.0. The van der Waals surface area contributed by atoms with Gasteiger partial charge in [0.2, 0.25) is 0 Å². The number of phenolic OH excluding ortho intramolecular Hbond substituents is 2. The molecule has 10 aromatic carbocycles. The maximum Gasteiger partial charge on any atom is 2.00 e. The molecule has 0 aliphatic carbocycles. The van der Waals surface area contributed by atoms with Crippen LogP contribution >= 0.6 is 0 Å². The van der Waals surface area contributed by atoms with Gasteiger partial charge in [0, 0.05) is 33.4 Å². The van der Waals surface area contributed by atoms with E-state index < -0.39 is 0 Å². The van der Waals surface area contributed by atoms with E-state index in [1.807, 2.05) is 146 Å². The topological polar surface area (TPSA) is 58.9 Å². The summed E-state index contributed by atoms with van der Waals surface area (Å²) in [4.78, 5) is 0. The number of aryl methyl sites for hydroxylation is 4. The third-order valence-electron chi connectivity index (χ3n) is 12.3. The Morgan fingerprint density at radius 2 is 0.761 bits per heavy atom. The van der Waals surface area contributed by atoms with Crippen LogP contribution in [0.5, 0.6) is 23.0 Å². The minimum Gasteiger partial charge on any atom is -0.507 e. The fourth-order valence-corrected chi connectivity index (χ4v) is 8.94. The predicted molar refractivity (Wildman–Crippen MR) is 294 cm³/mol. The second kappa shape index (κ2) is 24.4. The fourth-order valence-electron chi connectivity index (χ4n) is 8.94. The molecule has 71 heavy (non-hydrogen) atoms. The predicted octanol–water partition coefficient (Wildman–Crippen LogP) is 17.3. The maximum atomic E-state index is 11.9. The monoisotopic (exact) mass is 1010 g/mol. The van der Waals surface area contributed by atoms with Gasteiger partial charge in [-0.15, -0.1) is 24.3 Å². The zero-order chi connectivity index (χ0) is 49.0. The van der Waals surface area contributed by atoms with Crippen LogP contribution in [-0.2, 0) is 26.2 Å². The fraction of sp³-hybridized carbons (Fsp3) is 0.121. The second-order valence-electron chi connectivity index (χ2n) is 17.8. The molecule has 0 unspecified atom stereocenters. The van der Waals surface area contributed by atoms with Crippen molar-refractivity contribution in [2.24, 2.45) is 0 Å². The Bertz CT molecular complexity index is 3320. The molecule has 2 N–H and O–H groups in total. The first-order valence-electron chi connectivity index (χ1n) is 23.9. The maximum absolute atomic E-state index is 11.9. The average Bonchev–Trinajstić information content (AvgIpc) is 3.37. The summed E-state index contributed by atoms with van der Waals surface area (Å²) in [5, 5.41) is 28.2. The van der Waals surface area contributed by atoms with Crippen LogP contribution in [0.1, 0.15) is 46.2 Å². The van der Waals surface area contributed by atoms with Crippen LogP contribution < -0.4 is 9.47 Å². The number of hydrogen-bond acceptors (Lipinski definition) is 4. The van der Waals surface area contributed by atoms with Crippen molar-refractivity contribution in [3.8, 4) is 67.5 Å². The number of fused-ring (bicyclic) bond motifs is 2. The number of para-hydroxylation sites is 2. The van der Waals surface area contributed by atoms with E-state index in [1.54, 1.807) is 0 Å². The minimum atomic E-state index is 0. The third kappa shape index (κ3) is 12.7. The standard InChI is InChI=1S/C52H46O4.2C7H7.Zr/c1-33-27-38-16-6-7-17-39(38)43(28-33)46-31-34(2)29-44(51(46)53)41-19-9-11-21-48(41)55-25-13-14-26-56-49-22-12-10-20-42(49)45-30-35(3)32-47(52(45)54)50-36(4)23-24-37-15-5-8-18-40(37)50;2*1-7-5-3-2-4-6-7;/h5-12,15-24,27-32,53-54H,13-14,25-26H2,1-4H3;2*2-6H,1H2;/q;2*-1;+2. The number of unbranched alkanes of at least 4 members (excludes halogenated alkanes) is 1. The average molecular weight is 1010 g/mol. The van der Waals surface area contributed by atoms with Crippen molar-refractivity contribution in [1.29, 1.82) is 0 Å². The van der Waals surface area contributed by atoms with E-state index in [4.69, 9.17) is 9.47 Å². The molecule has 0 radical (unpaired) electrons. The van der Waals surface area contributed by atoms with Crippen LogP contribution in [0.2, 0.25) is 0 Å². The molecule has 0 heterocycles. The Labute approximate surface area is 439 Å². The molecular formula is C66H60O4Zr. The molecule has 5 heteroatoms. The molecule has 0 bridgehead atoms. The van der Waals surface area contributed by atoms with Gasteiger partial charge in [-0.25, -0.2) is 0 Å². The first kappa shape index (κ1) is 51.4. The number of phenols is 2. The van der Waals surface area contributed by atoms with Crippen LogP contribution in [-0.4, -0.2) is 23.4 Å². The smallest absolute Gasteiger partial charge is 0.507 e. The van der Waals surface area contributed by atoms with Gasteiger partial charge in [0.05, 0.1) is 13.2 Å². The van der Waals surface area contributed by atoms with E-state index >= 15 is 0 Å².